The van der Waals surface area contributed by atoms with Crippen LogP contribution in [0.4, 0.5) is 0 Å². The highest BCUT2D eigenvalue weighted by atomic mass is 16.5. The third-order valence-corrected chi connectivity index (χ3v) is 4.56. The smallest absolute Gasteiger partial charge is 0.259 e. The molecule has 114 valence electrons. The minimum absolute atomic E-state index is 0.118. The van der Waals surface area contributed by atoms with Gasteiger partial charge in [-0.1, -0.05) is 16.8 Å². The molecule has 0 fully saturated rings. The molecule has 0 saturated carbocycles. The summed E-state index contributed by atoms with van der Waals surface area (Å²) >= 11 is 0. The van der Waals surface area contributed by atoms with Crippen molar-refractivity contribution in [2.45, 2.75) is 51.4 Å². The van der Waals surface area contributed by atoms with Crippen LogP contribution in [-0.4, -0.2) is 15.1 Å². The number of allylic oxidation sites excluding steroid dienone is 2. The molecule has 5 nitrogen and oxygen atoms in total. The quantitative estimate of drug-likeness (QED) is 0.884. The fourth-order valence-corrected chi connectivity index (χ4v) is 3.37. The number of fused-ring (bicyclic) bond motifs is 1. The molecule has 0 atom stereocenters. The second-order valence-electron chi connectivity index (χ2n) is 6.17. The van der Waals surface area contributed by atoms with E-state index in [0.717, 1.165) is 37.8 Å². The van der Waals surface area contributed by atoms with Crippen molar-refractivity contribution in [2.75, 3.05) is 0 Å². The summed E-state index contributed by atoms with van der Waals surface area (Å²) in [6.45, 7) is 0. The van der Waals surface area contributed by atoms with Crippen LogP contribution < -0.4 is 5.56 Å². The number of hydrogen-bond donors (Lipinski definition) is 1. The summed E-state index contributed by atoms with van der Waals surface area (Å²) in [5, 5.41) is 4.00. The highest BCUT2D eigenvalue weighted by Crippen LogP contribution is 2.24. The zero-order chi connectivity index (χ0) is 14.9. The number of aromatic nitrogens is 3. The lowest BCUT2D eigenvalue weighted by atomic mass is 9.95. The summed E-state index contributed by atoms with van der Waals surface area (Å²) in [4.78, 5) is 19.7. The minimum atomic E-state index is -0.118. The van der Waals surface area contributed by atoms with E-state index in [0.29, 0.717) is 23.7 Å². The minimum Gasteiger partial charge on any atom is -0.339 e. The van der Waals surface area contributed by atoms with Gasteiger partial charge in [-0.05, 0) is 56.6 Å². The van der Waals surface area contributed by atoms with Crippen LogP contribution in [0.5, 0.6) is 0 Å². The first kappa shape index (κ1) is 13.5. The van der Waals surface area contributed by atoms with E-state index < -0.39 is 0 Å². The van der Waals surface area contributed by atoms with Gasteiger partial charge in [0.05, 0.1) is 5.56 Å². The third-order valence-electron chi connectivity index (χ3n) is 4.56. The molecule has 2 aromatic heterocycles. The maximum Gasteiger partial charge on any atom is 0.259 e. The highest BCUT2D eigenvalue weighted by molar-refractivity contribution is 5.55. The maximum atomic E-state index is 12.3. The first-order valence-corrected chi connectivity index (χ1v) is 8.05. The Morgan fingerprint density at radius 1 is 1.18 bits per heavy atom. The molecular formula is C17H19N3O2. The van der Waals surface area contributed by atoms with Crippen molar-refractivity contribution >= 4 is 0 Å². The third kappa shape index (κ3) is 2.51. The van der Waals surface area contributed by atoms with Crippen molar-refractivity contribution in [2.24, 2.45) is 0 Å². The number of aryl methyl sites for hydroxylation is 2. The van der Waals surface area contributed by atoms with Gasteiger partial charge in [-0.25, -0.2) is 0 Å². The van der Waals surface area contributed by atoms with Crippen LogP contribution in [0.15, 0.2) is 27.0 Å². The Morgan fingerprint density at radius 3 is 2.95 bits per heavy atom. The fourth-order valence-electron chi connectivity index (χ4n) is 3.37. The van der Waals surface area contributed by atoms with Crippen molar-refractivity contribution in [1.29, 1.82) is 0 Å². The average molecular weight is 297 g/mol. The van der Waals surface area contributed by atoms with Gasteiger partial charge in [-0.2, -0.15) is 4.98 Å². The van der Waals surface area contributed by atoms with Crippen LogP contribution >= 0.6 is 0 Å². The number of nitrogens with zero attached hydrogens (tertiary/aromatic N) is 2. The highest BCUT2D eigenvalue weighted by Gasteiger charge is 2.18. The number of nitrogens with one attached hydrogen (secondary N) is 1. The summed E-state index contributed by atoms with van der Waals surface area (Å²) in [5.74, 6) is 1.00. The van der Waals surface area contributed by atoms with Gasteiger partial charge in [0, 0.05) is 12.1 Å². The second kappa shape index (κ2) is 5.55. The standard InChI is InChI=1S/C17H19N3O2/c21-17-13(10-12-7-3-4-8-14(12)18-17)16-19-15(22-20-16)9-11-5-1-2-6-11/h5,10H,1-4,6-9H2,(H,18,21). The normalized spacial score (nSPS) is 17.4. The zero-order valence-electron chi connectivity index (χ0n) is 12.5. The summed E-state index contributed by atoms with van der Waals surface area (Å²) in [6, 6.07) is 1.94. The Morgan fingerprint density at radius 2 is 2.09 bits per heavy atom. The molecule has 22 heavy (non-hydrogen) atoms. The Bertz CT molecular complexity index is 785. The Labute approximate surface area is 128 Å². The van der Waals surface area contributed by atoms with E-state index in [1.165, 1.54) is 24.0 Å². The number of aromatic amines is 1. The molecule has 1 N–H and O–H groups in total. The van der Waals surface area contributed by atoms with Crippen molar-refractivity contribution in [3.63, 3.8) is 0 Å². The number of hydrogen-bond acceptors (Lipinski definition) is 4. The summed E-state index contributed by atoms with van der Waals surface area (Å²) in [5.41, 5.74) is 4.05. The van der Waals surface area contributed by atoms with E-state index in [1.807, 2.05) is 6.07 Å². The summed E-state index contributed by atoms with van der Waals surface area (Å²) in [6.07, 6.45) is 10.7. The largest absolute Gasteiger partial charge is 0.339 e. The van der Waals surface area contributed by atoms with Crippen molar-refractivity contribution in [1.82, 2.24) is 15.1 Å². The van der Waals surface area contributed by atoms with Gasteiger partial charge in [0.2, 0.25) is 11.7 Å². The van der Waals surface area contributed by atoms with E-state index in [-0.39, 0.29) is 5.56 Å². The Hall–Kier alpha value is -2.17. The lowest BCUT2D eigenvalue weighted by Gasteiger charge is -2.15. The molecule has 0 unspecified atom stereocenters. The topological polar surface area (TPSA) is 71.8 Å². The molecule has 4 rings (SSSR count). The Kier molecular flexibility index (Phi) is 3.41. The molecule has 0 aromatic carbocycles. The van der Waals surface area contributed by atoms with E-state index in [1.54, 1.807) is 0 Å². The first-order valence-electron chi connectivity index (χ1n) is 8.05. The average Bonchev–Trinajstić information content (AvgIpc) is 3.19. The molecule has 0 saturated heterocycles. The van der Waals surface area contributed by atoms with E-state index in [4.69, 9.17) is 4.52 Å². The van der Waals surface area contributed by atoms with Crippen molar-refractivity contribution < 1.29 is 4.52 Å². The fraction of sp³-hybridized carbons (Fsp3) is 0.471. The Balaban J connectivity index is 1.64. The second-order valence-corrected chi connectivity index (χ2v) is 6.17. The van der Waals surface area contributed by atoms with Gasteiger partial charge in [-0.15, -0.1) is 0 Å². The van der Waals surface area contributed by atoms with E-state index >= 15 is 0 Å². The predicted molar refractivity (Wildman–Crippen MR) is 82.6 cm³/mol. The predicted octanol–water partition coefficient (Wildman–Crippen LogP) is 2.96. The van der Waals surface area contributed by atoms with Crippen LogP contribution in [0.1, 0.15) is 49.3 Å². The van der Waals surface area contributed by atoms with Gasteiger partial charge in [0.1, 0.15) is 0 Å². The van der Waals surface area contributed by atoms with Crippen LogP contribution in [0, 0.1) is 0 Å². The van der Waals surface area contributed by atoms with Crippen molar-refractivity contribution in [3.8, 4) is 11.4 Å². The molecule has 2 heterocycles. The van der Waals surface area contributed by atoms with Crippen molar-refractivity contribution in [3.05, 3.63) is 45.2 Å². The molecule has 2 aliphatic carbocycles. The molecule has 0 amide bonds. The van der Waals surface area contributed by atoms with Crippen LogP contribution in [0.2, 0.25) is 0 Å². The van der Waals surface area contributed by atoms with Gasteiger partial charge in [-0.3, -0.25) is 4.79 Å². The van der Waals surface area contributed by atoms with Crippen LogP contribution in [-0.2, 0) is 19.3 Å². The van der Waals surface area contributed by atoms with E-state index in [2.05, 4.69) is 21.2 Å². The molecular weight excluding hydrogens is 278 g/mol. The summed E-state index contributed by atoms with van der Waals surface area (Å²) in [7, 11) is 0. The van der Waals surface area contributed by atoms with Crippen LogP contribution in [0.25, 0.3) is 11.4 Å². The number of pyridine rings is 1. The van der Waals surface area contributed by atoms with Crippen LogP contribution in [0.3, 0.4) is 0 Å². The molecule has 0 radical (unpaired) electrons. The SMILES string of the molecule is O=c1[nH]c2c(cc1-c1noc(CC3=CCCC3)n1)CCCC2. The lowest BCUT2D eigenvalue weighted by Crippen LogP contribution is -2.17. The first-order chi connectivity index (χ1) is 10.8. The number of rotatable bonds is 3. The van der Waals surface area contributed by atoms with Gasteiger partial charge in [0.25, 0.3) is 5.56 Å². The molecule has 2 aromatic rings. The molecule has 5 heteroatoms. The molecule has 2 aliphatic rings. The number of H-pyrrole nitrogens is 1. The van der Waals surface area contributed by atoms with E-state index in [9.17, 15) is 4.79 Å². The molecule has 0 bridgehead atoms. The van der Waals surface area contributed by atoms with Gasteiger partial charge >= 0.3 is 0 Å². The van der Waals surface area contributed by atoms with Gasteiger partial charge < -0.3 is 9.51 Å². The van der Waals surface area contributed by atoms with Gasteiger partial charge in [0.15, 0.2) is 0 Å². The lowest BCUT2D eigenvalue weighted by molar-refractivity contribution is 0.384. The molecule has 0 aliphatic heterocycles. The maximum absolute atomic E-state index is 12.3. The molecule has 0 spiro atoms. The zero-order valence-corrected chi connectivity index (χ0v) is 12.5. The monoisotopic (exact) mass is 297 g/mol. The summed E-state index contributed by atoms with van der Waals surface area (Å²) < 4.78 is 5.33.